The number of carbonyl (C=O) groups is 1. The van der Waals surface area contributed by atoms with Gasteiger partial charge in [-0.25, -0.2) is 9.37 Å². The number of hydrogen-bond donors (Lipinski definition) is 2. The number of aromatic amines is 1. The maximum Gasteiger partial charge on any atom is 0.267 e. The van der Waals surface area contributed by atoms with E-state index in [2.05, 4.69) is 15.3 Å². The molecule has 4 aliphatic carbocycles. The molecule has 0 aromatic carbocycles. The van der Waals surface area contributed by atoms with Crippen molar-refractivity contribution >= 4 is 5.91 Å². The molecule has 0 spiro atoms. The Kier molecular flexibility index (Phi) is 3.95. The number of amides is 1. The Labute approximate surface area is 157 Å². The second kappa shape index (κ2) is 6.36. The molecule has 4 fully saturated rings. The van der Waals surface area contributed by atoms with Gasteiger partial charge >= 0.3 is 0 Å². The average molecular weight is 369 g/mol. The van der Waals surface area contributed by atoms with Crippen molar-refractivity contribution in [1.29, 1.82) is 0 Å². The van der Waals surface area contributed by atoms with Crippen LogP contribution in [-0.4, -0.2) is 29.0 Å². The van der Waals surface area contributed by atoms with Gasteiger partial charge in [0, 0.05) is 23.4 Å². The van der Waals surface area contributed by atoms with Gasteiger partial charge in [-0.15, -0.1) is 0 Å². The van der Waals surface area contributed by atoms with E-state index in [0.717, 1.165) is 18.0 Å². The molecule has 2 heterocycles. The minimum absolute atomic E-state index is 0.0814. The summed E-state index contributed by atoms with van der Waals surface area (Å²) in [5.74, 6) is 2.84. The molecule has 2 aromatic rings. The fourth-order valence-corrected chi connectivity index (χ4v) is 5.87. The Bertz CT molecular complexity index is 850. The van der Waals surface area contributed by atoms with Crippen LogP contribution in [0.3, 0.4) is 0 Å². The normalized spacial score (nSPS) is 31.1. The highest BCUT2D eigenvalue weighted by Crippen LogP contribution is 2.53. The maximum atomic E-state index is 13.6. The van der Waals surface area contributed by atoms with E-state index in [4.69, 9.17) is 4.74 Å². The van der Waals surface area contributed by atoms with Crippen LogP contribution in [0.2, 0.25) is 0 Å². The van der Waals surface area contributed by atoms with Gasteiger partial charge in [-0.1, -0.05) is 0 Å². The molecule has 4 aliphatic rings. The number of hydrogen-bond acceptors (Lipinski definition) is 3. The lowest BCUT2D eigenvalue weighted by molar-refractivity contribution is -0.0120. The molecule has 0 radical (unpaired) electrons. The van der Waals surface area contributed by atoms with Crippen LogP contribution in [0.25, 0.3) is 11.1 Å². The number of H-pyrrole nitrogens is 1. The molecule has 5 nitrogen and oxygen atoms in total. The van der Waals surface area contributed by atoms with Crippen LogP contribution < -0.4 is 10.1 Å². The first-order chi connectivity index (χ1) is 13.1. The van der Waals surface area contributed by atoms with Gasteiger partial charge in [0.2, 0.25) is 5.88 Å². The maximum absolute atomic E-state index is 13.6. The van der Waals surface area contributed by atoms with E-state index < -0.39 is 5.82 Å². The summed E-state index contributed by atoms with van der Waals surface area (Å²) in [6, 6.07) is 3.40. The van der Waals surface area contributed by atoms with Crippen molar-refractivity contribution in [2.24, 2.45) is 23.7 Å². The molecule has 4 saturated carbocycles. The third-order valence-electron chi connectivity index (χ3n) is 6.77. The average Bonchev–Trinajstić information content (AvgIpc) is 3.14. The minimum Gasteiger partial charge on any atom is -0.481 e. The number of rotatable bonds is 4. The standard InChI is InChI=1S/C21H24FN3O2/c1-27-21-17(8-16(22)10-24-21)15-7-18(23-9-15)20(26)25-19-13-3-11-2-12(5-13)6-14(19)4-11/h7-14,19,23H,2-6H2,1H3,(H,25,26). The summed E-state index contributed by atoms with van der Waals surface area (Å²) >= 11 is 0. The van der Waals surface area contributed by atoms with Gasteiger partial charge in [0.15, 0.2) is 0 Å². The molecule has 142 valence electrons. The van der Waals surface area contributed by atoms with Gasteiger partial charge in [-0.2, -0.15) is 0 Å². The molecule has 27 heavy (non-hydrogen) atoms. The third kappa shape index (κ3) is 2.91. The van der Waals surface area contributed by atoms with Crippen molar-refractivity contribution in [3.05, 3.63) is 36.0 Å². The minimum atomic E-state index is -0.438. The zero-order valence-electron chi connectivity index (χ0n) is 15.4. The first-order valence-corrected chi connectivity index (χ1v) is 9.80. The third-order valence-corrected chi connectivity index (χ3v) is 6.77. The molecule has 2 aromatic heterocycles. The molecule has 6 rings (SSSR count). The Hall–Kier alpha value is -2.37. The lowest BCUT2D eigenvalue weighted by Crippen LogP contribution is -2.55. The highest BCUT2D eigenvalue weighted by molar-refractivity contribution is 5.94. The number of methoxy groups -OCH3 is 1. The summed E-state index contributed by atoms with van der Waals surface area (Å²) in [5.41, 5.74) is 1.71. The van der Waals surface area contributed by atoms with Crippen LogP contribution in [0, 0.1) is 29.5 Å². The topological polar surface area (TPSA) is 67.0 Å². The fourth-order valence-electron chi connectivity index (χ4n) is 5.87. The van der Waals surface area contributed by atoms with Crippen molar-refractivity contribution in [2.45, 2.75) is 38.1 Å². The quantitative estimate of drug-likeness (QED) is 0.862. The molecular formula is C21H24FN3O2. The van der Waals surface area contributed by atoms with E-state index in [1.54, 1.807) is 12.3 Å². The van der Waals surface area contributed by atoms with Crippen molar-refractivity contribution in [2.75, 3.05) is 7.11 Å². The highest BCUT2D eigenvalue weighted by Gasteiger charge is 2.48. The molecule has 4 bridgehead atoms. The van der Waals surface area contributed by atoms with Crippen molar-refractivity contribution in [3.63, 3.8) is 0 Å². The van der Waals surface area contributed by atoms with E-state index in [1.165, 1.54) is 45.3 Å². The molecule has 0 unspecified atom stereocenters. The van der Waals surface area contributed by atoms with Crippen molar-refractivity contribution in [1.82, 2.24) is 15.3 Å². The first kappa shape index (κ1) is 16.8. The number of pyridine rings is 1. The number of nitrogens with zero attached hydrogens (tertiary/aromatic N) is 1. The van der Waals surface area contributed by atoms with Crippen molar-refractivity contribution < 1.29 is 13.9 Å². The summed E-state index contributed by atoms with van der Waals surface area (Å²) in [5, 5.41) is 3.29. The van der Waals surface area contributed by atoms with Gasteiger partial charge in [0.25, 0.3) is 5.91 Å². The molecular weight excluding hydrogens is 345 g/mol. The predicted molar refractivity (Wildman–Crippen MR) is 98.8 cm³/mol. The van der Waals surface area contributed by atoms with Crippen LogP contribution in [-0.2, 0) is 0 Å². The van der Waals surface area contributed by atoms with E-state index in [-0.39, 0.29) is 5.91 Å². The lowest BCUT2D eigenvalue weighted by Gasteiger charge is -2.54. The van der Waals surface area contributed by atoms with E-state index >= 15 is 0 Å². The number of halogens is 1. The highest BCUT2D eigenvalue weighted by atomic mass is 19.1. The fraction of sp³-hybridized carbons (Fsp3) is 0.524. The van der Waals surface area contributed by atoms with E-state index in [1.807, 2.05) is 0 Å². The molecule has 0 saturated heterocycles. The van der Waals surface area contributed by atoms with E-state index in [9.17, 15) is 9.18 Å². The predicted octanol–water partition coefficient (Wildman–Crippen LogP) is 3.78. The lowest BCUT2D eigenvalue weighted by atomic mass is 9.54. The molecule has 0 aliphatic heterocycles. The van der Waals surface area contributed by atoms with Crippen LogP contribution in [0.5, 0.6) is 5.88 Å². The van der Waals surface area contributed by atoms with Gasteiger partial charge in [0.1, 0.15) is 11.5 Å². The Morgan fingerprint density at radius 2 is 1.89 bits per heavy atom. The summed E-state index contributed by atoms with van der Waals surface area (Å²) in [6.45, 7) is 0. The summed E-state index contributed by atoms with van der Waals surface area (Å²) < 4.78 is 18.8. The summed E-state index contributed by atoms with van der Waals surface area (Å²) in [6.07, 6.45) is 9.28. The molecule has 1 amide bonds. The molecule has 2 N–H and O–H groups in total. The summed E-state index contributed by atoms with van der Waals surface area (Å²) in [4.78, 5) is 19.8. The Morgan fingerprint density at radius 1 is 1.19 bits per heavy atom. The smallest absolute Gasteiger partial charge is 0.267 e. The molecule has 6 heteroatoms. The Morgan fingerprint density at radius 3 is 2.56 bits per heavy atom. The van der Waals surface area contributed by atoms with Crippen molar-refractivity contribution in [3.8, 4) is 17.0 Å². The van der Waals surface area contributed by atoms with Gasteiger partial charge < -0.3 is 15.0 Å². The number of nitrogens with one attached hydrogen (secondary N) is 2. The second-order valence-electron chi connectivity index (χ2n) is 8.44. The number of aromatic nitrogens is 2. The van der Waals surface area contributed by atoms with Crippen LogP contribution in [0.15, 0.2) is 24.5 Å². The van der Waals surface area contributed by atoms with Crippen LogP contribution in [0.1, 0.15) is 42.6 Å². The monoisotopic (exact) mass is 369 g/mol. The number of ether oxygens (including phenoxy) is 1. The van der Waals surface area contributed by atoms with Gasteiger partial charge in [-0.3, -0.25) is 4.79 Å². The van der Waals surface area contributed by atoms with Gasteiger partial charge in [0.05, 0.1) is 13.3 Å². The zero-order valence-corrected chi connectivity index (χ0v) is 15.4. The largest absolute Gasteiger partial charge is 0.481 e. The molecule has 0 atom stereocenters. The summed E-state index contributed by atoms with van der Waals surface area (Å²) in [7, 11) is 1.50. The van der Waals surface area contributed by atoms with Crippen LogP contribution in [0.4, 0.5) is 4.39 Å². The van der Waals surface area contributed by atoms with E-state index in [0.29, 0.717) is 40.6 Å². The number of carbonyl (C=O) groups excluding carboxylic acids is 1. The Balaban J connectivity index is 1.34. The SMILES string of the molecule is COc1ncc(F)cc1-c1c[nH]c(C(=O)NC2C3CC4CC(C3)CC2C4)c1. The second-order valence-corrected chi connectivity index (χ2v) is 8.44. The van der Waals surface area contributed by atoms with Crippen LogP contribution >= 0.6 is 0 Å². The first-order valence-electron chi connectivity index (χ1n) is 9.80. The van der Waals surface area contributed by atoms with Gasteiger partial charge in [-0.05, 0) is 67.9 Å². The zero-order chi connectivity index (χ0) is 18.5.